The third-order valence-corrected chi connectivity index (χ3v) is 8.08. The fourth-order valence-corrected chi connectivity index (χ4v) is 4.90. The second-order valence-corrected chi connectivity index (χ2v) is 12.5. The molecule has 9 heteroatoms. The van der Waals surface area contributed by atoms with Crippen LogP contribution >= 0.6 is 0 Å². The number of nitrogens with one attached hydrogen (secondary N) is 1. The van der Waals surface area contributed by atoms with Gasteiger partial charge in [0.05, 0.1) is 37.0 Å². The predicted octanol–water partition coefficient (Wildman–Crippen LogP) is 5.31. The Bertz CT molecular complexity index is 1220. The van der Waals surface area contributed by atoms with Crippen LogP contribution in [0.4, 0.5) is 0 Å². The van der Waals surface area contributed by atoms with E-state index >= 15 is 0 Å². The molecule has 40 heavy (non-hydrogen) atoms. The van der Waals surface area contributed by atoms with Crippen molar-refractivity contribution in [2.45, 2.75) is 92.4 Å². The van der Waals surface area contributed by atoms with Gasteiger partial charge in [0.25, 0.3) is 11.8 Å². The van der Waals surface area contributed by atoms with E-state index in [9.17, 15) is 9.59 Å². The number of benzene rings is 2. The topological polar surface area (TPSA) is 86.3 Å². The number of hydrogen-bond acceptors (Lipinski definition) is 6. The van der Waals surface area contributed by atoms with E-state index in [1.165, 1.54) is 12.1 Å². The van der Waals surface area contributed by atoms with Crippen LogP contribution in [-0.4, -0.2) is 55.4 Å². The maximum absolute atomic E-state index is 14.2. The first-order chi connectivity index (χ1) is 18.6. The van der Waals surface area contributed by atoms with Crippen molar-refractivity contribution in [3.63, 3.8) is 0 Å². The summed E-state index contributed by atoms with van der Waals surface area (Å²) in [4.78, 5) is 28.1. The van der Waals surface area contributed by atoms with Crippen molar-refractivity contribution < 1.29 is 28.4 Å². The Morgan fingerprint density at radius 3 is 2.15 bits per heavy atom. The van der Waals surface area contributed by atoms with Crippen LogP contribution in [0.15, 0.2) is 36.4 Å². The van der Waals surface area contributed by atoms with Gasteiger partial charge in [-0.2, -0.15) is 0 Å². The molecule has 2 aromatic carbocycles. The minimum atomic E-state index is -0.612. The van der Waals surface area contributed by atoms with Gasteiger partial charge in [-0.1, -0.05) is 46.2 Å². The van der Waals surface area contributed by atoms with Gasteiger partial charge in [0.2, 0.25) is 0 Å². The van der Waals surface area contributed by atoms with Crippen molar-refractivity contribution >= 4 is 24.4 Å². The lowest BCUT2D eigenvalue weighted by molar-refractivity contribution is 0.00578. The summed E-state index contributed by atoms with van der Waals surface area (Å²) in [5.74, 6) is 0.144. The predicted molar refractivity (Wildman–Crippen MR) is 158 cm³/mol. The van der Waals surface area contributed by atoms with Crippen LogP contribution in [-0.2, 0) is 9.31 Å². The Morgan fingerprint density at radius 2 is 1.62 bits per heavy atom. The summed E-state index contributed by atoms with van der Waals surface area (Å²) in [5, 5.41) is 1.46. The number of nitrogens with zero attached hydrogens (tertiary/aromatic N) is 1. The minimum Gasteiger partial charge on any atom is -0.497 e. The lowest BCUT2D eigenvalue weighted by atomic mass is 9.75. The smallest absolute Gasteiger partial charge is 0.495 e. The van der Waals surface area contributed by atoms with E-state index < -0.39 is 24.2 Å². The summed E-state index contributed by atoms with van der Waals surface area (Å²) in [6.07, 6.45) is 1.52. The highest BCUT2D eigenvalue weighted by Gasteiger charge is 2.52. The molecule has 1 atom stereocenters. The zero-order valence-electron chi connectivity index (χ0n) is 25.9. The molecule has 2 amide bonds. The van der Waals surface area contributed by atoms with Crippen molar-refractivity contribution in [3.05, 3.63) is 53.1 Å². The van der Waals surface area contributed by atoms with E-state index in [-0.39, 0.29) is 17.4 Å². The molecule has 1 unspecified atom stereocenters. The van der Waals surface area contributed by atoms with E-state index in [1.807, 2.05) is 46.8 Å². The molecule has 0 aromatic heterocycles. The minimum absolute atomic E-state index is 0.295. The monoisotopic (exact) mass is 552 g/mol. The van der Waals surface area contributed by atoms with Gasteiger partial charge in [0, 0.05) is 5.56 Å². The van der Waals surface area contributed by atoms with Gasteiger partial charge in [-0.05, 0) is 81.7 Å². The third kappa shape index (κ3) is 6.31. The fraction of sp³-hybridized carbons (Fsp3) is 0.548. The van der Waals surface area contributed by atoms with Crippen molar-refractivity contribution in [2.75, 3.05) is 14.2 Å². The van der Waals surface area contributed by atoms with Crippen LogP contribution in [0.3, 0.4) is 0 Å². The molecule has 1 fully saturated rings. The molecule has 3 rings (SSSR count). The van der Waals surface area contributed by atoms with Gasteiger partial charge in [0.15, 0.2) is 0 Å². The molecule has 0 spiro atoms. The highest BCUT2D eigenvalue weighted by Crippen LogP contribution is 2.37. The number of methoxy groups -OCH3 is 2. The van der Waals surface area contributed by atoms with Crippen molar-refractivity contribution in [1.29, 1.82) is 0 Å². The summed E-state index contributed by atoms with van der Waals surface area (Å²) in [5.41, 5.74) is 3.86. The SMILES string of the molecule is CCCC(N(NC(=O)c1cccc(B2OC(C)(C)C(C)(C)O2)c1C)C(=O)c1cc(OC)ccc1OC)C(C)(C)C. The van der Waals surface area contributed by atoms with E-state index in [4.69, 9.17) is 18.8 Å². The van der Waals surface area contributed by atoms with Crippen molar-refractivity contribution in [3.8, 4) is 11.5 Å². The molecule has 1 heterocycles. The molecule has 0 saturated carbocycles. The maximum atomic E-state index is 14.2. The van der Waals surface area contributed by atoms with Gasteiger partial charge in [-0.3, -0.25) is 15.0 Å². The molecule has 218 valence electrons. The Labute approximate surface area is 239 Å². The standard InChI is InChI=1S/C31H45BN2O6/c1-12-14-26(29(3,4)5)34(28(36)23-19-21(37-10)17-18-25(23)38-11)33-27(35)22-15-13-16-24(20(22)2)32-39-30(6,7)31(8,9)40-32/h13,15-19,26H,12,14H2,1-11H3,(H,33,35). The summed E-state index contributed by atoms with van der Waals surface area (Å²) in [7, 11) is 2.44. The number of carbonyl (C=O) groups excluding carboxylic acids is 2. The summed E-state index contributed by atoms with van der Waals surface area (Å²) in [6.45, 7) is 18.1. The number of hydrazine groups is 1. The number of hydrogen-bond donors (Lipinski definition) is 1. The molecule has 1 aliphatic rings. The van der Waals surface area contributed by atoms with Crippen LogP contribution < -0.4 is 20.4 Å². The van der Waals surface area contributed by atoms with Gasteiger partial charge < -0.3 is 18.8 Å². The average molecular weight is 553 g/mol. The van der Waals surface area contributed by atoms with Crippen LogP contribution in [0.2, 0.25) is 0 Å². The summed E-state index contributed by atoms with van der Waals surface area (Å²) in [6, 6.07) is 10.2. The highest BCUT2D eigenvalue weighted by atomic mass is 16.7. The zero-order chi connectivity index (χ0) is 30.0. The van der Waals surface area contributed by atoms with Crippen LogP contribution in [0, 0.1) is 12.3 Å². The normalized spacial score (nSPS) is 16.8. The highest BCUT2D eigenvalue weighted by molar-refractivity contribution is 6.62. The molecule has 2 aromatic rings. The quantitative estimate of drug-likeness (QED) is 0.353. The molecular weight excluding hydrogens is 507 g/mol. The van der Waals surface area contributed by atoms with E-state index in [0.717, 1.165) is 17.4 Å². The molecule has 0 radical (unpaired) electrons. The first kappa shape index (κ1) is 31.5. The fourth-order valence-electron chi connectivity index (χ4n) is 4.90. The van der Waals surface area contributed by atoms with Crippen molar-refractivity contribution in [2.24, 2.45) is 5.41 Å². The molecule has 0 bridgehead atoms. The Morgan fingerprint density at radius 1 is 1.00 bits per heavy atom. The first-order valence-corrected chi connectivity index (χ1v) is 13.9. The molecule has 0 aliphatic carbocycles. The van der Waals surface area contributed by atoms with Gasteiger partial charge in [-0.15, -0.1) is 0 Å². The molecule has 1 N–H and O–H groups in total. The van der Waals surface area contributed by atoms with Crippen LogP contribution in [0.1, 0.15) is 94.5 Å². The Balaban J connectivity index is 2.04. The third-order valence-electron chi connectivity index (χ3n) is 8.08. The van der Waals surface area contributed by atoms with Crippen LogP contribution in [0.25, 0.3) is 0 Å². The van der Waals surface area contributed by atoms with E-state index in [2.05, 4.69) is 33.1 Å². The average Bonchev–Trinajstić information content (AvgIpc) is 3.10. The lowest BCUT2D eigenvalue weighted by Crippen LogP contribution is -2.56. The van der Waals surface area contributed by atoms with Crippen LogP contribution in [0.5, 0.6) is 11.5 Å². The van der Waals surface area contributed by atoms with E-state index in [0.29, 0.717) is 29.0 Å². The Hall–Kier alpha value is -3.04. The number of ether oxygens (including phenoxy) is 2. The molecule has 1 aliphatic heterocycles. The number of rotatable bonds is 8. The number of carbonyl (C=O) groups is 2. The largest absolute Gasteiger partial charge is 0.497 e. The molecule has 1 saturated heterocycles. The second kappa shape index (κ2) is 11.8. The summed E-state index contributed by atoms with van der Waals surface area (Å²) >= 11 is 0. The number of amides is 2. The first-order valence-electron chi connectivity index (χ1n) is 13.9. The molecular formula is C31H45BN2O6. The second-order valence-electron chi connectivity index (χ2n) is 12.5. The van der Waals surface area contributed by atoms with Crippen molar-refractivity contribution in [1.82, 2.24) is 10.4 Å². The lowest BCUT2D eigenvalue weighted by Gasteiger charge is -2.40. The Kier molecular flexibility index (Phi) is 9.31. The van der Waals surface area contributed by atoms with Gasteiger partial charge >= 0.3 is 7.12 Å². The maximum Gasteiger partial charge on any atom is 0.495 e. The van der Waals surface area contributed by atoms with Gasteiger partial charge in [0.1, 0.15) is 11.5 Å². The zero-order valence-corrected chi connectivity index (χ0v) is 25.9. The summed E-state index contributed by atoms with van der Waals surface area (Å²) < 4.78 is 23.4. The van der Waals surface area contributed by atoms with Gasteiger partial charge in [-0.25, -0.2) is 5.01 Å². The molecule has 8 nitrogen and oxygen atoms in total. The van der Waals surface area contributed by atoms with E-state index in [1.54, 1.807) is 31.4 Å².